The minimum Gasteiger partial charge on any atom is -0.378 e. The first-order valence-corrected chi connectivity index (χ1v) is 3.74. The molecule has 1 aromatic rings. The number of hydrogen-bond acceptors (Lipinski definition) is 2. The third kappa shape index (κ3) is 2.89. The Morgan fingerprint density at radius 3 is 2.82 bits per heavy atom. The first kappa shape index (κ1) is 8.53. The molecule has 0 aromatic heterocycles. The molecule has 3 heteroatoms. The van der Waals surface area contributed by atoms with E-state index in [1.165, 1.54) is 0 Å². The van der Waals surface area contributed by atoms with Crippen molar-refractivity contribution in [3.8, 4) is 0 Å². The van der Waals surface area contributed by atoms with E-state index in [1.807, 2.05) is 12.1 Å². The molecule has 0 bridgehead atoms. The van der Waals surface area contributed by atoms with Crippen LogP contribution in [0, 0.1) is 0 Å². The maximum Gasteiger partial charge on any atom is 0.106 e. The Kier molecular flexibility index (Phi) is 2.88. The SMILES string of the molecule is NC(O)Cc1cccc(Cl)c1. The Bertz CT molecular complexity index is 237. The number of hydrogen-bond donors (Lipinski definition) is 2. The number of rotatable bonds is 2. The maximum atomic E-state index is 8.83. The van der Waals surface area contributed by atoms with E-state index in [9.17, 15) is 0 Å². The Labute approximate surface area is 70.6 Å². The molecule has 1 aromatic carbocycles. The summed E-state index contributed by atoms with van der Waals surface area (Å²) in [6.07, 6.45) is -0.353. The summed E-state index contributed by atoms with van der Waals surface area (Å²) in [4.78, 5) is 0. The lowest BCUT2D eigenvalue weighted by Crippen LogP contribution is -2.21. The first-order chi connectivity index (χ1) is 5.18. The van der Waals surface area contributed by atoms with Crippen LogP contribution in [0.4, 0.5) is 0 Å². The zero-order valence-electron chi connectivity index (χ0n) is 6.00. The van der Waals surface area contributed by atoms with Gasteiger partial charge >= 0.3 is 0 Å². The molecule has 1 atom stereocenters. The van der Waals surface area contributed by atoms with Crippen LogP contribution in [-0.2, 0) is 6.42 Å². The lowest BCUT2D eigenvalue weighted by atomic mass is 10.1. The van der Waals surface area contributed by atoms with Gasteiger partial charge in [-0.05, 0) is 17.7 Å². The second-order valence-corrected chi connectivity index (χ2v) is 2.84. The number of nitrogens with two attached hydrogens (primary N) is 1. The fraction of sp³-hybridized carbons (Fsp3) is 0.250. The van der Waals surface area contributed by atoms with Crippen molar-refractivity contribution >= 4 is 11.6 Å². The predicted molar refractivity (Wildman–Crippen MR) is 45.4 cm³/mol. The summed E-state index contributed by atoms with van der Waals surface area (Å²) in [6.45, 7) is 0. The smallest absolute Gasteiger partial charge is 0.106 e. The summed E-state index contributed by atoms with van der Waals surface area (Å²) in [5.74, 6) is 0. The van der Waals surface area contributed by atoms with E-state index in [0.717, 1.165) is 5.56 Å². The molecule has 1 unspecified atom stereocenters. The summed E-state index contributed by atoms with van der Waals surface area (Å²) in [7, 11) is 0. The van der Waals surface area contributed by atoms with Crippen molar-refractivity contribution in [3.63, 3.8) is 0 Å². The van der Waals surface area contributed by atoms with E-state index in [4.69, 9.17) is 22.4 Å². The van der Waals surface area contributed by atoms with Crippen molar-refractivity contribution < 1.29 is 5.11 Å². The van der Waals surface area contributed by atoms with Crippen molar-refractivity contribution in [2.75, 3.05) is 0 Å². The highest BCUT2D eigenvalue weighted by molar-refractivity contribution is 6.30. The van der Waals surface area contributed by atoms with Gasteiger partial charge in [0.05, 0.1) is 0 Å². The molecule has 3 N–H and O–H groups in total. The van der Waals surface area contributed by atoms with Gasteiger partial charge in [0.2, 0.25) is 0 Å². The van der Waals surface area contributed by atoms with E-state index < -0.39 is 6.23 Å². The Hall–Kier alpha value is -0.570. The standard InChI is InChI=1S/C8H10ClNO/c9-7-3-1-2-6(4-7)5-8(10)11/h1-4,8,11H,5,10H2. The van der Waals surface area contributed by atoms with Gasteiger partial charge in [-0.25, -0.2) is 0 Å². The molecule has 0 radical (unpaired) electrons. The molecule has 0 saturated carbocycles. The second kappa shape index (κ2) is 3.72. The maximum absolute atomic E-state index is 8.83. The molecule has 0 aliphatic carbocycles. The van der Waals surface area contributed by atoms with Gasteiger partial charge in [0.25, 0.3) is 0 Å². The van der Waals surface area contributed by atoms with Gasteiger partial charge in [0, 0.05) is 11.4 Å². The van der Waals surface area contributed by atoms with E-state index in [2.05, 4.69) is 0 Å². The third-order valence-electron chi connectivity index (χ3n) is 1.33. The van der Waals surface area contributed by atoms with Gasteiger partial charge in [-0.15, -0.1) is 0 Å². The molecule has 0 heterocycles. The average Bonchev–Trinajstić information content (AvgIpc) is 1.85. The van der Waals surface area contributed by atoms with Crippen LogP contribution in [0.15, 0.2) is 24.3 Å². The highest BCUT2D eigenvalue weighted by atomic mass is 35.5. The van der Waals surface area contributed by atoms with Crippen LogP contribution in [0.3, 0.4) is 0 Å². The van der Waals surface area contributed by atoms with Crippen LogP contribution >= 0.6 is 11.6 Å². The molecule has 0 spiro atoms. The van der Waals surface area contributed by atoms with E-state index >= 15 is 0 Å². The molecule has 0 saturated heterocycles. The molecule has 2 nitrogen and oxygen atoms in total. The van der Waals surface area contributed by atoms with Gasteiger partial charge in [0.1, 0.15) is 6.23 Å². The van der Waals surface area contributed by atoms with Gasteiger partial charge in [-0.1, -0.05) is 23.7 Å². The minimum atomic E-state index is -0.798. The highest BCUT2D eigenvalue weighted by Gasteiger charge is 1.98. The van der Waals surface area contributed by atoms with Crippen molar-refractivity contribution in [2.24, 2.45) is 5.73 Å². The van der Waals surface area contributed by atoms with E-state index in [0.29, 0.717) is 11.4 Å². The predicted octanol–water partition coefficient (Wildman–Crippen LogP) is 1.16. The fourth-order valence-corrected chi connectivity index (χ4v) is 1.12. The van der Waals surface area contributed by atoms with Crippen LogP contribution < -0.4 is 5.73 Å². The number of halogens is 1. The van der Waals surface area contributed by atoms with E-state index in [-0.39, 0.29) is 0 Å². The Morgan fingerprint density at radius 1 is 1.55 bits per heavy atom. The summed E-state index contributed by atoms with van der Waals surface area (Å²) in [5.41, 5.74) is 6.14. The van der Waals surface area contributed by atoms with E-state index in [1.54, 1.807) is 12.1 Å². The van der Waals surface area contributed by atoms with Crippen LogP contribution in [0.25, 0.3) is 0 Å². The van der Waals surface area contributed by atoms with Crippen molar-refractivity contribution in [1.82, 2.24) is 0 Å². The summed E-state index contributed by atoms with van der Waals surface area (Å²) in [6, 6.07) is 7.29. The number of benzene rings is 1. The molecule has 0 fully saturated rings. The lowest BCUT2D eigenvalue weighted by Gasteiger charge is -2.03. The quantitative estimate of drug-likeness (QED) is 0.656. The molecule has 0 amide bonds. The van der Waals surface area contributed by atoms with Crippen LogP contribution in [0.1, 0.15) is 5.56 Å². The Balaban J connectivity index is 2.71. The molecule has 60 valence electrons. The minimum absolute atomic E-state index is 0.445. The molecule has 11 heavy (non-hydrogen) atoms. The van der Waals surface area contributed by atoms with Gasteiger partial charge in [-0.3, -0.25) is 0 Å². The highest BCUT2D eigenvalue weighted by Crippen LogP contribution is 2.11. The molecule has 0 aliphatic rings. The van der Waals surface area contributed by atoms with Gasteiger partial charge < -0.3 is 10.8 Å². The average molecular weight is 172 g/mol. The lowest BCUT2D eigenvalue weighted by molar-refractivity contribution is 0.183. The van der Waals surface area contributed by atoms with Crippen molar-refractivity contribution in [1.29, 1.82) is 0 Å². The molecular formula is C8H10ClNO. The summed E-state index contributed by atoms with van der Waals surface area (Å²) >= 11 is 5.71. The fourth-order valence-electron chi connectivity index (χ4n) is 0.905. The van der Waals surface area contributed by atoms with Crippen LogP contribution in [0.5, 0.6) is 0 Å². The Morgan fingerprint density at radius 2 is 2.27 bits per heavy atom. The monoisotopic (exact) mass is 171 g/mol. The normalized spacial score (nSPS) is 13.0. The number of aliphatic hydroxyl groups excluding tert-OH is 1. The third-order valence-corrected chi connectivity index (χ3v) is 1.57. The molecular weight excluding hydrogens is 162 g/mol. The summed E-state index contributed by atoms with van der Waals surface area (Å²) < 4.78 is 0. The molecule has 0 aliphatic heterocycles. The largest absolute Gasteiger partial charge is 0.378 e. The molecule has 1 rings (SSSR count). The first-order valence-electron chi connectivity index (χ1n) is 3.36. The van der Waals surface area contributed by atoms with Crippen molar-refractivity contribution in [2.45, 2.75) is 12.6 Å². The van der Waals surface area contributed by atoms with Gasteiger partial charge in [-0.2, -0.15) is 0 Å². The second-order valence-electron chi connectivity index (χ2n) is 2.40. The van der Waals surface area contributed by atoms with Crippen molar-refractivity contribution in [3.05, 3.63) is 34.9 Å². The summed E-state index contributed by atoms with van der Waals surface area (Å²) in [5, 5.41) is 9.50. The zero-order valence-corrected chi connectivity index (χ0v) is 6.75. The topological polar surface area (TPSA) is 46.2 Å². The van der Waals surface area contributed by atoms with Crippen LogP contribution in [-0.4, -0.2) is 11.3 Å². The zero-order chi connectivity index (χ0) is 8.27. The number of aliphatic hydroxyl groups is 1. The van der Waals surface area contributed by atoms with Gasteiger partial charge in [0.15, 0.2) is 0 Å². The van der Waals surface area contributed by atoms with Crippen LogP contribution in [0.2, 0.25) is 5.02 Å².